The Kier molecular flexibility index (Phi) is 3.28. The standard InChI is InChI=1S/C16H20N2/c1-12-4-6-14-11-13(5-9-16(14)18-12)3-2-10-17-15-7-8-15/h4-6,9,11,15,17H,2-3,7-8,10H2,1H3. The molecule has 1 aromatic carbocycles. The molecule has 1 N–H and O–H groups in total. The second kappa shape index (κ2) is 5.07. The van der Waals surface area contributed by atoms with Crippen LogP contribution in [0.1, 0.15) is 30.5 Å². The van der Waals surface area contributed by atoms with Crippen LogP contribution in [0.5, 0.6) is 0 Å². The van der Waals surface area contributed by atoms with Crippen LogP contribution in [0.2, 0.25) is 0 Å². The number of hydrogen-bond donors (Lipinski definition) is 1. The lowest BCUT2D eigenvalue weighted by atomic mass is 10.1. The van der Waals surface area contributed by atoms with Gasteiger partial charge in [0.05, 0.1) is 5.52 Å². The number of nitrogens with one attached hydrogen (secondary N) is 1. The number of aromatic nitrogens is 1. The van der Waals surface area contributed by atoms with Gasteiger partial charge in [0.25, 0.3) is 0 Å². The Bertz CT molecular complexity index is 544. The van der Waals surface area contributed by atoms with Gasteiger partial charge in [-0.2, -0.15) is 0 Å². The molecule has 18 heavy (non-hydrogen) atoms. The highest BCUT2D eigenvalue weighted by molar-refractivity contribution is 5.79. The lowest BCUT2D eigenvalue weighted by Crippen LogP contribution is -2.17. The van der Waals surface area contributed by atoms with Crippen LogP contribution in [0.25, 0.3) is 10.9 Å². The largest absolute Gasteiger partial charge is 0.314 e. The van der Waals surface area contributed by atoms with Crippen molar-refractivity contribution in [3.63, 3.8) is 0 Å². The van der Waals surface area contributed by atoms with E-state index in [1.54, 1.807) is 0 Å². The highest BCUT2D eigenvalue weighted by Gasteiger charge is 2.19. The van der Waals surface area contributed by atoms with E-state index in [-0.39, 0.29) is 0 Å². The zero-order valence-electron chi connectivity index (χ0n) is 10.9. The summed E-state index contributed by atoms with van der Waals surface area (Å²) in [5.41, 5.74) is 3.62. The summed E-state index contributed by atoms with van der Waals surface area (Å²) in [6, 6.07) is 11.7. The molecule has 3 rings (SSSR count). The summed E-state index contributed by atoms with van der Waals surface area (Å²) in [6.07, 6.45) is 5.13. The maximum atomic E-state index is 4.53. The molecule has 1 aromatic heterocycles. The van der Waals surface area contributed by atoms with Gasteiger partial charge in [0.15, 0.2) is 0 Å². The molecule has 0 aliphatic heterocycles. The molecule has 2 aromatic rings. The fourth-order valence-corrected chi connectivity index (χ4v) is 2.32. The number of aryl methyl sites for hydroxylation is 2. The van der Waals surface area contributed by atoms with Crippen molar-refractivity contribution >= 4 is 10.9 Å². The molecule has 1 saturated carbocycles. The molecule has 2 nitrogen and oxygen atoms in total. The molecule has 94 valence electrons. The van der Waals surface area contributed by atoms with Crippen molar-refractivity contribution in [1.82, 2.24) is 10.3 Å². The Morgan fingerprint density at radius 3 is 2.94 bits per heavy atom. The van der Waals surface area contributed by atoms with Gasteiger partial charge in [-0.3, -0.25) is 4.98 Å². The molecule has 0 bridgehead atoms. The minimum absolute atomic E-state index is 0.828. The first-order valence-electron chi connectivity index (χ1n) is 6.91. The highest BCUT2D eigenvalue weighted by Crippen LogP contribution is 2.19. The number of nitrogens with zero attached hydrogens (tertiary/aromatic N) is 1. The van der Waals surface area contributed by atoms with Gasteiger partial charge in [-0.1, -0.05) is 12.1 Å². The maximum Gasteiger partial charge on any atom is 0.0705 e. The van der Waals surface area contributed by atoms with E-state index in [0.717, 1.165) is 30.2 Å². The van der Waals surface area contributed by atoms with Crippen LogP contribution < -0.4 is 5.32 Å². The average Bonchev–Trinajstić information content (AvgIpc) is 3.19. The van der Waals surface area contributed by atoms with E-state index >= 15 is 0 Å². The van der Waals surface area contributed by atoms with E-state index < -0.39 is 0 Å². The first-order valence-corrected chi connectivity index (χ1v) is 6.91. The lowest BCUT2D eigenvalue weighted by molar-refractivity contribution is 0.646. The van der Waals surface area contributed by atoms with Crippen LogP contribution >= 0.6 is 0 Å². The minimum Gasteiger partial charge on any atom is -0.314 e. The molecule has 0 atom stereocenters. The predicted molar refractivity (Wildman–Crippen MR) is 75.8 cm³/mol. The van der Waals surface area contributed by atoms with Gasteiger partial charge in [-0.05, 0) is 62.9 Å². The molecule has 0 saturated heterocycles. The Labute approximate surface area is 108 Å². The van der Waals surface area contributed by atoms with Crippen molar-refractivity contribution in [2.75, 3.05) is 6.54 Å². The monoisotopic (exact) mass is 240 g/mol. The third-order valence-corrected chi connectivity index (χ3v) is 3.55. The molecule has 0 unspecified atom stereocenters. The van der Waals surface area contributed by atoms with Gasteiger partial charge >= 0.3 is 0 Å². The smallest absolute Gasteiger partial charge is 0.0705 e. The number of benzene rings is 1. The van der Waals surface area contributed by atoms with E-state index in [0.29, 0.717) is 0 Å². The van der Waals surface area contributed by atoms with Gasteiger partial charge in [0.1, 0.15) is 0 Å². The van der Waals surface area contributed by atoms with E-state index in [1.807, 2.05) is 6.92 Å². The normalized spacial score (nSPS) is 15.2. The van der Waals surface area contributed by atoms with Crippen LogP contribution in [0.15, 0.2) is 30.3 Å². The Morgan fingerprint density at radius 2 is 2.11 bits per heavy atom. The summed E-state index contributed by atoms with van der Waals surface area (Å²) in [5, 5.41) is 4.82. The predicted octanol–water partition coefficient (Wildman–Crippen LogP) is 3.23. The van der Waals surface area contributed by atoms with E-state index in [2.05, 4.69) is 40.6 Å². The Balaban J connectivity index is 1.62. The third-order valence-electron chi connectivity index (χ3n) is 3.55. The van der Waals surface area contributed by atoms with Crippen molar-refractivity contribution in [1.29, 1.82) is 0 Å². The second-order valence-corrected chi connectivity index (χ2v) is 5.31. The van der Waals surface area contributed by atoms with Crippen molar-refractivity contribution in [2.45, 2.75) is 38.6 Å². The highest BCUT2D eigenvalue weighted by atomic mass is 14.9. The summed E-state index contributed by atoms with van der Waals surface area (Å²) >= 11 is 0. The SMILES string of the molecule is Cc1ccc2cc(CCCNC3CC3)ccc2n1. The van der Waals surface area contributed by atoms with Crippen LogP contribution in [0, 0.1) is 6.92 Å². The van der Waals surface area contributed by atoms with E-state index in [4.69, 9.17) is 0 Å². The molecule has 0 radical (unpaired) electrons. The molecule has 1 aliphatic carbocycles. The van der Waals surface area contributed by atoms with Crippen molar-refractivity contribution in [3.05, 3.63) is 41.6 Å². The fourth-order valence-electron chi connectivity index (χ4n) is 2.32. The maximum absolute atomic E-state index is 4.53. The van der Waals surface area contributed by atoms with Gasteiger partial charge < -0.3 is 5.32 Å². The summed E-state index contributed by atoms with van der Waals surface area (Å²) in [6.45, 7) is 3.19. The molecular formula is C16H20N2. The van der Waals surface area contributed by atoms with Crippen LogP contribution in [-0.2, 0) is 6.42 Å². The average molecular weight is 240 g/mol. The van der Waals surface area contributed by atoms with Crippen LogP contribution in [-0.4, -0.2) is 17.6 Å². The summed E-state index contributed by atoms with van der Waals surface area (Å²) in [7, 11) is 0. The first-order chi connectivity index (χ1) is 8.81. The molecule has 1 aliphatic rings. The van der Waals surface area contributed by atoms with Gasteiger partial charge in [0, 0.05) is 17.1 Å². The Hall–Kier alpha value is -1.41. The van der Waals surface area contributed by atoms with Gasteiger partial charge in [-0.15, -0.1) is 0 Å². The summed E-state index contributed by atoms with van der Waals surface area (Å²) in [4.78, 5) is 4.53. The molecule has 1 fully saturated rings. The van der Waals surface area contributed by atoms with Crippen molar-refractivity contribution in [3.8, 4) is 0 Å². The van der Waals surface area contributed by atoms with Crippen molar-refractivity contribution < 1.29 is 0 Å². The van der Waals surface area contributed by atoms with E-state index in [9.17, 15) is 0 Å². The van der Waals surface area contributed by atoms with Gasteiger partial charge in [0.2, 0.25) is 0 Å². The zero-order valence-corrected chi connectivity index (χ0v) is 10.9. The summed E-state index contributed by atoms with van der Waals surface area (Å²) in [5.74, 6) is 0. The number of rotatable bonds is 5. The lowest BCUT2D eigenvalue weighted by Gasteiger charge is -2.05. The topological polar surface area (TPSA) is 24.9 Å². The molecular weight excluding hydrogens is 220 g/mol. The molecule has 1 heterocycles. The molecule has 0 spiro atoms. The molecule has 2 heteroatoms. The van der Waals surface area contributed by atoms with Crippen LogP contribution in [0.4, 0.5) is 0 Å². The summed E-state index contributed by atoms with van der Waals surface area (Å²) < 4.78 is 0. The number of hydrogen-bond acceptors (Lipinski definition) is 2. The van der Waals surface area contributed by atoms with Crippen molar-refractivity contribution in [2.24, 2.45) is 0 Å². The first kappa shape index (κ1) is 11.7. The Morgan fingerprint density at radius 1 is 1.22 bits per heavy atom. The minimum atomic E-state index is 0.828. The quantitative estimate of drug-likeness (QED) is 0.812. The number of fused-ring (bicyclic) bond motifs is 1. The second-order valence-electron chi connectivity index (χ2n) is 5.31. The molecule has 0 amide bonds. The third kappa shape index (κ3) is 2.88. The zero-order chi connectivity index (χ0) is 12.4. The number of pyridine rings is 1. The van der Waals surface area contributed by atoms with E-state index in [1.165, 1.54) is 30.2 Å². The van der Waals surface area contributed by atoms with Gasteiger partial charge in [-0.25, -0.2) is 0 Å². The van der Waals surface area contributed by atoms with Crippen LogP contribution in [0.3, 0.4) is 0 Å². The fraction of sp³-hybridized carbons (Fsp3) is 0.438.